The first-order valence-corrected chi connectivity index (χ1v) is 7.43. The van der Waals surface area contributed by atoms with Crippen LogP contribution in [0.15, 0.2) is 41.3 Å². The highest BCUT2D eigenvalue weighted by Crippen LogP contribution is 2.26. The van der Waals surface area contributed by atoms with Crippen LogP contribution in [-0.2, 0) is 16.6 Å². The van der Waals surface area contributed by atoms with Crippen molar-refractivity contribution in [3.63, 3.8) is 0 Å². The standard InChI is InChI=1S/C13H13F2N3O2S/c14-9-5-4-8(10(15)6-9)7-18-11-2-1-3-12(13(11)16)21(17,19)20/h1-6,18H,7,16H2,(H2,17,19,20). The van der Waals surface area contributed by atoms with Crippen LogP contribution < -0.4 is 16.2 Å². The predicted octanol–water partition coefficient (Wildman–Crippen LogP) is 1.81. The largest absolute Gasteiger partial charge is 0.396 e. The predicted molar refractivity (Wildman–Crippen MR) is 75.9 cm³/mol. The molecule has 0 amide bonds. The van der Waals surface area contributed by atoms with E-state index in [1.165, 1.54) is 24.3 Å². The average Bonchev–Trinajstić information content (AvgIpc) is 2.38. The van der Waals surface area contributed by atoms with E-state index < -0.39 is 21.7 Å². The van der Waals surface area contributed by atoms with Gasteiger partial charge in [-0.05, 0) is 18.2 Å². The molecule has 0 saturated carbocycles. The van der Waals surface area contributed by atoms with Gasteiger partial charge in [0, 0.05) is 18.2 Å². The molecule has 0 aliphatic rings. The summed E-state index contributed by atoms with van der Waals surface area (Å²) < 4.78 is 49.0. The Morgan fingerprint density at radius 1 is 1.14 bits per heavy atom. The van der Waals surface area contributed by atoms with Crippen LogP contribution in [-0.4, -0.2) is 8.42 Å². The second-order valence-electron chi connectivity index (χ2n) is 4.35. The summed E-state index contributed by atoms with van der Waals surface area (Å²) in [5.41, 5.74) is 6.18. The van der Waals surface area contributed by atoms with Crippen molar-refractivity contribution in [1.29, 1.82) is 0 Å². The van der Waals surface area contributed by atoms with E-state index in [2.05, 4.69) is 5.32 Å². The van der Waals surface area contributed by atoms with Crippen LogP contribution >= 0.6 is 0 Å². The first-order valence-electron chi connectivity index (χ1n) is 5.88. The zero-order valence-electron chi connectivity index (χ0n) is 10.8. The lowest BCUT2D eigenvalue weighted by molar-refractivity contribution is 0.574. The molecule has 0 aliphatic carbocycles. The second kappa shape index (κ2) is 5.66. The second-order valence-corrected chi connectivity index (χ2v) is 5.88. The monoisotopic (exact) mass is 313 g/mol. The fourth-order valence-electron chi connectivity index (χ4n) is 1.80. The van der Waals surface area contributed by atoms with Crippen LogP contribution in [0.1, 0.15) is 5.56 Å². The van der Waals surface area contributed by atoms with Gasteiger partial charge in [-0.1, -0.05) is 12.1 Å². The van der Waals surface area contributed by atoms with Crippen molar-refractivity contribution in [1.82, 2.24) is 0 Å². The van der Waals surface area contributed by atoms with E-state index in [1.54, 1.807) is 0 Å². The lowest BCUT2D eigenvalue weighted by Gasteiger charge is -2.12. The molecule has 2 aromatic rings. The zero-order chi connectivity index (χ0) is 15.6. The van der Waals surface area contributed by atoms with Crippen LogP contribution in [0.4, 0.5) is 20.2 Å². The summed E-state index contributed by atoms with van der Waals surface area (Å²) in [6.07, 6.45) is 0. The molecule has 21 heavy (non-hydrogen) atoms. The van der Waals surface area contributed by atoms with Gasteiger partial charge in [0.15, 0.2) is 0 Å². The quantitative estimate of drug-likeness (QED) is 0.750. The summed E-state index contributed by atoms with van der Waals surface area (Å²) in [4.78, 5) is -0.216. The number of benzene rings is 2. The Bertz CT molecular complexity index is 779. The number of para-hydroxylation sites is 1. The first kappa shape index (κ1) is 15.2. The summed E-state index contributed by atoms with van der Waals surface area (Å²) >= 11 is 0. The molecule has 0 unspecified atom stereocenters. The van der Waals surface area contributed by atoms with Crippen molar-refractivity contribution in [3.05, 3.63) is 53.6 Å². The van der Waals surface area contributed by atoms with Crippen LogP contribution in [0, 0.1) is 11.6 Å². The molecule has 112 valence electrons. The van der Waals surface area contributed by atoms with Gasteiger partial charge in [0.1, 0.15) is 16.5 Å². The molecule has 0 spiro atoms. The number of nitrogens with two attached hydrogens (primary N) is 2. The van der Waals surface area contributed by atoms with E-state index in [0.29, 0.717) is 5.69 Å². The van der Waals surface area contributed by atoms with Crippen LogP contribution in [0.2, 0.25) is 0 Å². The Morgan fingerprint density at radius 2 is 1.86 bits per heavy atom. The summed E-state index contributed by atoms with van der Waals surface area (Å²) in [6, 6.07) is 7.45. The fourth-order valence-corrected chi connectivity index (χ4v) is 2.49. The van der Waals surface area contributed by atoms with Gasteiger partial charge in [0.25, 0.3) is 0 Å². The molecule has 0 heterocycles. The van der Waals surface area contributed by atoms with Crippen molar-refractivity contribution in [2.45, 2.75) is 11.4 Å². The number of hydrogen-bond acceptors (Lipinski definition) is 4. The van der Waals surface area contributed by atoms with E-state index in [1.807, 2.05) is 0 Å². The number of sulfonamides is 1. The number of halogens is 2. The maximum Gasteiger partial charge on any atom is 0.240 e. The molecule has 2 aromatic carbocycles. The summed E-state index contributed by atoms with van der Waals surface area (Å²) in [5.74, 6) is -1.38. The Hall–Kier alpha value is -2.19. The lowest BCUT2D eigenvalue weighted by atomic mass is 10.2. The van der Waals surface area contributed by atoms with Gasteiger partial charge in [0.2, 0.25) is 10.0 Å². The molecule has 8 heteroatoms. The van der Waals surface area contributed by atoms with Gasteiger partial charge in [-0.15, -0.1) is 0 Å². The third-order valence-electron chi connectivity index (χ3n) is 2.86. The van der Waals surface area contributed by atoms with Gasteiger partial charge < -0.3 is 11.1 Å². The van der Waals surface area contributed by atoms with Gasteiger partial charge in [-0.2, -0.15) is 0 Å². The minimum Gasteiger partial charge on any atom is -0.396 e. The highest BCUT2D eigenvalue weighted by atomic mass is 32.2. The number of nitrogens with one attached hydrogen (secondary N) is 1. The van der Waals surface area contributed by atoms with Gasteiger partial charge in [-0.25, -0.2) is 22.3 Å². The van der Waals surface area contributed by atoms with Crippen molar-refractivity contribution in [2.75, 3.05) is 11.1 Å². The lowest BCUT2D eigenvalue weighted by Crippen LogP contribution is -2.15. The molecule has 0 radical (unpaired) electrons. The molecule has 0 aromatic heterocycles. The van der Waals surface area contributed by atoms with E-state index in [-0.39, 0.29) is 22.7 Å². The Labute approximate surface area is 120 Å². The van der Waals surface area contributed by atoms with E-state index in [0.717, 1.165) is 12.1 Å². The van der Waals surface area contributed by atoms with E-state index in [9.17, 15) is 17.2 Å². The summed E-state index contributed by atoms with van der Waals surface area (Å²) in [5, 5.41) is 7.83. The molecule has 0 saturated heterocycles. The molecule has 0 aliphatic heterocycles. The maximum absolute atomic E-state index is 13.5. The van der Waals surface area contributed by atoms with Crippen LogP contribution in [0.5, 0.6) is 0 Å². The van der Waals surface area contributed by atoms with E-state index >= 15 is 0 Å². The van der Waals surface area contributed by atoms with Crippen LogP contribution in [0.3, 0.4) is 0 Å². The number of hydrogen-bond donors (Lipinski definition) is 3. The minimum absolute atomic E-state index is 0.0182. The van der Waals surface area contributed by atoms with Crippen molar-refractivity contribution in [2.24, 2.45) is 5.14 Å². The molecule has 2 rings (SSSR count). The molecule has 0 bridgehead atoms. The Balaban J connectivity index is 2.25. The van der Waals surface area contributed by atoms with Crippen molar-refractivity contribution in [3.8, 4) is 0 Å². The fraction of sp³-hybridized carbons (Fsp3) is 0.0769. The summed E-state index contributed by atoms with van der Waals surface area (Å²) in [6.45, 7) is 0.0182. The minimum atomic E-state index is -3.94. The third kappa shape index (κ3) is 3.47. The molecule has 0 atom stereocenters. The normalized spacial score (nSPS) is 11.4. The van der Waals surface area contributed by atoms with Gasteiger partial charge in [-0.3, -0.25) is 0 Å². The van der Waals surface area contributed by atoms with Crippen molar-refractivity contribution < 1.29 is 17.2 Å². The average molecular weight is 313 g/mol. The Morgan fingerprint density at radius 3 is 2.48 bits per heavy atom. The van der Waals surface area contributed by atoms with Gasteiger partial charge >= 0.3 is 0 Å². The number of nitrogen functional groups attached to an aromatic ring is 1. The zero-order valence-corrected chi connectivity index (χ0v) is 11.6. The molecule has 0 fully saturated rings. The number of anilines is 2. The molecular weight excluding hydrogens is 300 g/mol. The topological polar surface area (TPSA) is 98.2 Å². The third-order valence-corrected chi connectivity index (χ3v) is 3.83. The number of primary sulfonamides is 1. The van der Waals surface area contributed by atoms with E-state index in [4.69, 9.17) is 10.9 Å². The highest BCUT2D eigenvalue weighted by molar-refractivity contribution is 7.89. The van der Waals surface area contributed by atoms with Crippen LogP contribution in [0.25, 0.3) is 0 Å². The molecule has 5 N–H and O–H groups in total. The highest BCUT2D eigenvalue weighted by Gasteiger charge is 2.14. The SMILES string of the molecule is Nc1c(NCc2ccc(F)cc2F)cccc1S(N)(=O)=O. The smallest absolute Gasteiger partial charge is 0.240 e. The van der Waals surface area contributed by atoms with Crippen molar-refractivity contribution >= 4 is 21.4 Å². The first-order chi connectivity index (χ1) is 9.79. The van der Waals surface area contributed by atoms with Gasteiger partial charge in [0.05, 0.1) is 11.4 Å². The Kier molecular flexibility index (Phi) is 4.10. The number of rotatable bonds is 4. The maximum atomic E-state index is 13.5. The summed E-state index contributed by atoms with van der Waals surface area (Å²) in [7, 11) is -3.94. The molecule has 5 nitrogen and oxygen atoms in total. The molecular formula is C13H13F2N3O2S.